The molecule has 1 amide bonds. The number of aliphatic hydroxyl groups is 2. The first kappa shape index (κ1) is 24.6. The first-order chi connectivity index (χ1) is 19.5. The van der Waals surface area contributed by atoms with Gasteiger partial charge in [-0.25, -0.2) is 15.0 Å². The largest absolute Gasteiger partial charge is 0.392 e. The molecule has 1 aliphatic carbocycles. The SMILES string of the molecule is CN1C=C(c2ccnc(N3CCn4c(cc5c4CCCC5)C3=O)c2CO)C=C(Nc2ccc3[nH]cnc3n2)C1O. The van der Waals surface area contributed by atoms with Gasteiger partial charge in [-0.05, 0) is 67.2 Å². The fraction of sp³-hybridized carbons (Fsp3) is 0.310. The summed E-state index contributed by atoms with van der Waals surface area (Å²) in [6.07, 6.45) is 10.3. The minimum absolute atomic E-state index is 0.0945. The van der Waals surface area contributed by atoms with Crippen LogP contribution in [0.5, 0.6) is 0 Å². The van der Waals surface area contributed by atoms with Crippen LogP contribution in [0.1, 0.15) is 45.7 Å². The van der Waals surface area contributed by atoms with E-state index in [0.29, 0.717) is 47.3 Å². The summed E-state index contributed by atoms with van der Waals surface area (Å²) in [5.74, 6) is 0.906. The quantitative estimate of drug-likeness (QED) is 0.305. The molecule has 4 aromatic heterocycles. The molecular formula is C29H30N8O3. The number of imidazole rings is 1. The number of allylic oxidation sites excluding steroid dienone is 2. The number of rotatable bonds is 5. The number of carbonyl (C=O) groups is 1. The van der Waals surface area contributed by atoms with Crippen molar-refractivity contribution in [3.63, 3.8) is 0 Å². The molecule has 11 nitrogen and oxygen atoms in total. The van der Waals surface area contributed by atoms with Crippen molar-refractivity contribution in [1.29, 1.82) is 0 Å². The van der Waals surface area contributed by atoms with Gasteiger partial charge < -0.3 is 30.0 Å². The van der Waals surface area contributed by atoms with Crippen molar-refractivity contribution in [3.05, 3.63) is 82.8 Å². The van der Waals surface area contributed by atoms with Crippen molar-refractivity contribution in [2.75, 3.05) is 23.8 Å². The number of anilines is 2. The van der Waals surface area contributed by atoms with Gasteiger partial charge in [0.25, 0.3) is 5.91 Å². The molecule has 0 aromatic carbocycles. The number of nitrogens with one attached hydrogen (secondary N) is 2. The van der Waals surface area contributed by atoms with Crippen molar-refractivity contribution >= 4 is 34.3 Å². The van der Waals surface area contributed by atoms with Gasteiger partial charge in [0.05, 0.1) is 24.1 Å². The number of pyridine rings is 2. The van der Waals surface area contributed by atoms with Crippen LogP contribution in [0.15, 0.2) is 54.8 Å². The number of aliphatic hydroxyl groups excluding tert-OH is 2. The van der Waals surface area contributed by atoms with E-state index in [4.69, 9.17) is 0 Å². The van der Waals surface area contributed by atoms with Gasteiger partial charge in [-0.2, -0.15) is 0 Å². The molecule has 204 valence electrons. The monoisotopic (exact) mass is 538 g/mol. The normalized spacial score (nSPS) is 18.9. The molecule has 0 saturated carbocycles. The smallest absolute Gasteiger partial charge is 0.276 e. The number of likely N-dealkylation sites (N-methyl/N-ethyl adjacent to an activating group) is 1. The Morgan fingerprint density at radius 1 is 1.15 bits per heavy atom. The molecule has 0 spiro atoms. The minimum Gasteiger partial charge on any atom is -0.392 e. The van der Waals surface area contributed by atoms with Crippen LogP contribution in [-0.2, 0) is 26.0 Å². The number of hydrogen-bond donors (Lipinski definition) is 4. The molecule has 1 atom stereocenters. The Morgan fingerprint density at radius 3 is 2.90 bits per heavy atom. The highest BCUT2D eigenvalue weighted by Crippen LogP contribution is 2.35. The second-order valence-electron chi connectivity index (χ2n) is 10.5. The third-order valence-electron chi connectivity index (χ3n) is 8.05. The average molecular weight is 539 g/mol. The molecule has 0 fully saturated rings. The summed E-state index contributed by atoms with van der Waals surface area (Å²) in [5.41, 5.74) is 7.21. The maximum absolute atomic E-state index is 13.7. The van der Waals surface area contributed by atoms with Crippen molar-refractivity contribution in [1.82, 2.24) is 29.4 Å². The van der Waals surface area contributed by atoms with Crippen LogP contribution in [-0.4, -0.2) is 65.3 Å². The van der Waals surface area contributed by atoms with Crippen LogP contribution < -0.4 is 10.2 Å². The van der Waals surface area contributed by atoms with E-state index in [0.717, 1.165) is 42.3 Å². The topological polar surface area (TPSA) is 135 Å². The Balaban J connectivity index is 1.23. The number of H-pyrrole nitrogens is 1. The van der Waals surface area contributed by atoms with E-state index in [1.807, 2.05) is 36.5 Å². The minimum atomic E-state index is -0.929. The third-order valence-corrected chi connectivity index (χ3v) is 8.05. The first-order valence-corrected chi connectivity index (χ1v) is 13.5. The van der Waals surface area contributed by atoms with Gasteiger partial charge in [-0.1, -0.05) is 0 Å². The predicted molar refractivity (Wildman–Crippen MR) is 150 cm³/mol. The third kappa shape index (κ3) is 3.97. The van der Waals surface area contributed by atoms with Crippen molar-refractivity contribution in [3.8, 4) is 0 Å². The van der Waals surface area contributed by atoms with Crippen molar-refractivity contribution in [2.24, 2.45) is 0 Å². The molecule has 0 bridgehead atoms. The second kappa shape index (κ2) is 9.61. The summed E-state index contributed by atoms with van der Waals surface area (Å²) in [6.45, 7) is 0.890. The zero-order chi connectivity index (χ0) is 27.4. The number of carbonyl (C=O) groups excluding carboxylic acids is 1. The van der Waals surface area contributed by atoms with Gasteiger partial charge in [-0.3, -0.25) is 9.69 Å². The Morgan fingerprint density at radius 2 is 2.02 bits per heavy atom. The lowest BCUT2D eigenvalue weighted by Gasteiger charge is -2.32. The van der Waals surface area contributed by atoms with Gasteiger partial charge in [0.15, 0.2) is 11.9 Å². The number of aromatic nitrogens is 5. The summed E-state index contributed by atoms with van der Waals surface area (Å²) >= 11 is 0. The molecule has 0 saturated heterocycles. The van der Waals surface area contributed by atoms with E-state index in [-0.39, 0.29) is 12.5 Å². The highest BCUT2D eigenvalue weighted by atomic mass is 16.3. The Hall–Kier alpha value is -4.48. The first-order valence-electron chi connectivity index (χ1n) is 13.5. The van der Waals surface area contributed by atoms with E-state index in [1.54, 1.807) is 29.4 Å². The van der Waals surface area contributed by atoms with Gasteiger partial charge in [0, 0.05) is 49.4 Å². The van der Waals surface area contributed by atoms with Crippen molar-refractivity contribution < 1.29 is 15.0 Å². The number of aromatic amines is 1. The molecule has 2 aliphatic heterocycles. The average Bonchev–Trinajstić information content (AvgIpc) is 3.60. The van der Waals surface area contributed by atoms with Gasteiger partial charge >= 0.3 is 0 Å². The maximum atomic E-state index is 13.7. The van der Waals surface area contributed by atoms with Crippen LogP contribution in [0.2, 0.25) is 0 Å². The van der Waals surface area contributed by atoms with E-state index in [1.165, 1.54) is 11.3 Å². The van der Waals surface area contributed by atoms with E-state index in [9.17, 15) is 15.0 Å². The summed E-state index contributed by atoms with van der Waals surface area (Å²) < 4.78 is 2.17. The highest BCUT2D eigenvalue weighted by molar-refractivity contribution is 6.06. The number of amides is 1. The zero-order valence-corrected chi connectivity index (χ0v) is 22.1. The Bertz CT molecular complexity index is 1700. The highest BCUT2D eigenvalue weighted by Gasteiger charge is 2.33. The van der Waals surface area contributed by atoms with E-state index < -0.39 is 6.23 Å². The van der Waals surface area contributed by atoms with Gasteiger partial charge in [0.2, 0.25) is 0 Å². The van der Waals surface area contributed by atoms with Crippen LogP contribution in [0, 0.1) is 0 Å². The molecular weight excluding hydrogens is 508 g/mol. The van der Waals surface area contributed by atoms with Crippen LogP contribution >= 0.6 is 0 Å². The number of nitrogens with zero attached hydrogens (tertiary/aromatic N) is 6. The Labute approximate surface area is 230 Å². The lowest BCUT2D eigenvalue weighted by molar-refractivity contribution is 0.0878. The maximum Gasteiger partial charge on any atom is 0.276 e. The summed E-state index contributed by atoms with van der Waals surface area (Å²) in [4.78, 5) is 33.4. The zero-order valence-electron chi connectivity index (χ0n) is 22.1. The molecule has 7 rings (SSSR count). The molecule has 3 aliphatic rings. The molecule has 11 heteroatoms. The van der Waals surface area contributed by atoms with E-state index in [2.05, 4.69) is 29.8 Å². The van der Waals surface area contributed by atoms with Crippen molar-refractivity contribution in [2.45, 2.75) is 45.1 Å². The summed E-state index contributed by atoms with van der Waals surface area (Å²) in [7, 11) is 1.77. The van der Waals surface area contributed by atoms with Gasteiger partial charge in [0.1, 0.15) is 17.3 Å². The van der Waals surface area contributed by atoms with Gasteiger partial charge in [-0.15, -0.1) is 0 Å². The summed E-state index contributed by atoms with van der Waals surface area (Å²) in [5, 5.41) is 24.7. The molecule has 6 heterocycles. The fourth-order valence-electron chi connectivity index (χ4n) is 6.06. The van der Waals surface area contributed by atoms with Crippen LogP contribution in [0.25, 0.3) is 16.7 Å². The van der Waals surface area contributed by atoms with Crippen LogP contribution in [0.3, 0.4) is 0 Å². The number of aryl methyl sites for hydroxylation is 1. The second-order valence-corrected chi connectivity index (χ2v) is 10.5. The molecule has 1 unspecified atom stereocenters. The number of hydrogen-bond acceptors (Lipinski definition) is 8. The summed E-state index contributed by atoms with van der Waals surface area (Å²) in [6, 6.07) is 7.55. The molecule has 4 aromatic rings. The molecule has 0 radical (unpaired) electrons. The lowest BCUT2D eigenvalue weighted by Crippen LogP contribution is -2.41. The van der Waals surface area contributed by atoms with Crippen LogP contribution in [0.4, 0.5) is 11.6 Å². The predicted octanol–water partition coefficient (Wildman–Crippen LogP) is 2.79. The molecule has 40 heavy (non-hydrogen) atoms. The fourth-order valence-corrected chi connectivity index (χ4v) is 6.06. The Kier molecular flexibility index (Phi) is 5.90. The molecule has 4 N–H and O–H groups in total. The number of fused-ring (bicyclic) bond motifs is 4. The van der Waals surface area contributed by atoms with E-state index >= 15 is 0 Å². The standard InChI is InChI=1S/C29H30N8O3/c1-35-14-18(12-22(28(35)39)33-25-7-6-21-26(34-25)32-16-31-21)19-8-9-30-27(20(19)15-38)37-11-10-36-23-5-3-2-4-17(23)13-24(36)29(37)40/h6-9,12-14,16,28,38-39H,2-5,10-11,15H2,1H3,(H2,31,32,33,34). The lowest BCUT2D eigenvalue weighted by atomic mass is 9.98.